The molecular formula is C12H16N2O3. The van der Waals surface area contributed by atoms with E-state index in [1.165, 1.54) is 21.1 Å². The van der Waals surface area contributed by atoms with Gasteiger partial charge in [-0.2, -0.15) is 0 Å². The lowest BCUT2D eigenvalue weighted by molar-refractivity contribution is -0.151. The summed E-state index contributed by atoms with van der Waals surface area (Å²) in [6.07, 6.45) is 0. The number of amides is 1. The van der Waals surface area contributed by atoms with E-state index in [-0.39, 0.29) is 0 Å². The first-order chi connectivity index (χ1) is 8.04. The molecule has 0 heterocycles. The first-order valence-electron chi connectivity index (χ1n) is 5.18. The number of esters is 1. The summed E-state index contributed by atoms with van der Waals surface area (Å²) in [4.78, 5) is 23.5. The Balaban J connectivity index is 2.85. The fraction of sp³-hybridized carbons (Fsp3) is 0.333. The number of carbonyl (C=O) groups excluding carboxylic acids is 2. The molecule has 2 N–H and O–H groups in total. The molecule has 1 atom stereocenters. The summed E-state index contributed by atoms with van der Waals surface area (Å²) in [7, 11) is 2.77. The number of likely N-dealkylation sites (N-methyl/N-ethyl adjacent to an activating group) is 1. The van der Waals surface area contributed by atoms with Crippen molar-refractivity contribution in [3.8, 4) is 0 Å². The first kappa shape index (κ1) is 13.2. The van der Waals surface area contributed by atoms with Crippen LogP contribution in [0, 0.1) is 0 Å². The molecule has 0 aliphatic rings. The Morgan fingerprint density at radius 3 is 2.29 bits per heavy atom. The van der Waals surface area contributed by atoms with Gasteiger partial charge in [0.15, 0.2) is 5.54 Å². The Morgan fingerprint density at radius 1 is 1.24 bits per heavy atom. The van der Waals surface area contributed by atoms with Gasteiger partial charge in [-0.3, -0.25) is 10.1 Å². The first-order valence-corrected chi connectivity index (χ1v) is 5.18. The molecule has 0 saturated carbocycles. The second-order valence-corrected chi connectivity index (χ2v) is 3.69. The van der Waals surface area contributed by atoms with E-state index in [4.69, 9.17) is 0 Å². The van der Waals surface area contributed by atoms with Crippen LogP contribution in [0.25, 0.3) is 0 Å². The van der Waals surface area contributed by atoms with Crippen molar-refractivity contribution in [1.82, 2.24) is 5.32 Å². The van der Waals surface area contributed by atoms with Gasteiger partial charge in [0.2, 0.25) is 0 Å². The standard InChI is InChI=1S/C12H16N2O3/c1-12(13-2,11(16)17-3)10(15)14-9-7-5-4-6-8-9/h4-8,13H,1-3H3,(H,14,15). The molecule has 1 unspecified atom stereocenters. The van der Waals surface area contributed by atoms with Crippen molar-refractivity contribution in [3.63, 3.8) is 0 Å². The van der Waals surface area contributed by atoms with Crippen LogP contribution in [0.3, 0.4) is 0 Å². The van der Waals surface area contributed by atoms with Gasteiger partial charge in [0.1, 0.15) is 0 Å². The fourth-order valence-corrected chi connectivity index (χ4v) is 1.29. The number of hydrogen-bond acceptors (Lipinski definition) is 4. The number of anilines is 1. The maximum atomic E-state index is 12.0. The summed E-state index contributed by atoms with van der Waals surface area (Å²) in [5, 5.41) is 5.31. The summed E-state index contributed by atoms with van der Waals surface area (Å²) in [5.74, 6) is -1.09. The molecule has 0 aliphatic carbocycles. The SMILES string of the molecule is CNC(C)(C(=O)Nc1ccccc1)C(=O)OC. The molecule has 0 radical (unpaired) electrons. The van der Waals surface area contributed by atoms with E-state index in [2.05, 4.69) is 15.4 Å². The number of ether oxygens (including phenoxy) is 1. The molecule has 1 aromatic carbocycles. The highest BCUT2D eigenvalue weighted by Gasteiger charge is 2.40. The Bertz CT molecular complexity index is 405. The Kier molecular flexibility index (Phi) is 4.23. The van der Waals surface area contributed by atoms with Gasteiger partial charge in [-0.05, 0) is 26.1 Å². The van der Waals surface area contributed by atoms with E-state index in [1.54, 1.807) is 24.3 Å². The van der Waals surface area contributed by atoms with Crippen molar-refractivity contribution in [2.75, 3.05) is 19.5 Å². The van der Waals surface area contributed by atoms with Crippen LogP contribution in [-0.4, -0.2) is 31.6 Å². The van der Waals surface area contributed by atoms with Gasteiger partial charge in [-0.25, -0.2) is 4.79 Å². The van der Waals surface area contributed by atoms with Gasteiger partial charge in [-0.1, -0.05) is 18.2 Å². The van der Waals surface area contributed by atoms with E-state index in [0.29, 0.717) is 5.69 Å². The molecule has 1 aromatic rings. The van der Waals surface area contributed by atoms with Crippen molar-refractivity contribution in [2.24, 2.45) is 0 Å². The number of rotatable bonds is 4. The predicted octanol–water partition coefficient (Wildman–Crippen LogP) is 0.776. The zero-order valence-electron chi connectivity index (χ0n) is 10.1. The van der Waals surface area contributed by atoms with Crippen LogP contribution in [0.5, 0.6) is 0 Å². The van der Waals surface area contributed by atoms with Gasteiger partial charge in [-0.15, -0.1) is 0 Å². The minimum atomic E-state index is -1.40. The van der Waals surface area contributed by atoms with Crippen LogP contribution < -0.4 is 10.6 Å². The van der Waals surface area contributed by atoms with Crippen molar-refractivity contribution < 1.29 is 14.3 Å². The molecule has 1 rings (SSSR count). The minimum absolute atomic E-state index is 0.460. The zero-order valence-corrected chi connectivity index (χ0v) is 10.1. The molecule has 0 bridgehead atoms. The number of nitrogens with one attached hydrogen (secondary N) is 2. The van der Waals surface area contributed by atoms with Crippen LogP contribution in [0.2, 0.25) is 0 Å². The monoisotopic (exact) mass is 236 g/mol. The average Bonchev–Trinajstić information content (AvgIpc) is 2.37. The quantitative estimate of drug-likeness (QED) is 0.598. The third-order valence-electron chi connectivity index (χ3n) is 2.58. The number of benzene rings is 1. The highest BCUT2D eigenvalue weighted by molar-refractivity contribution is 6.12. The number of para-hydroxylation sites is 1. The Morgan fingerprint density at radius 2 is 1.82 bits per heavy atom. The van der Waals surface area contributed by atoms with Gasteiger partial charge in [0, 0.05) is 5.69 Å². The van der Waals surface area contributed by atoms with Crippen LogP contribution in [0.4, 0.5) is 5.69 Å². The van der Waals surface area contributed by atoms with E-state index in [9.17, 15) is 9.59 Å². The van der Waals surface area contributed by atoms with Crippen LogP contribution in [0.15, 0.2) is 30.3 Å². The lowest BCUT2D eigenvalue weighted by atomic mass is 10.0. The molecule has 5 heteroatoms. The maximum Gasteiger partial charge on any atom is 0.335 e. The lowest BCUT2D eigenvalue weighted by Crippen LogP contribution is -2.57. The Labute approximate surface area is 100 Å². The average molecular weight is 236 g/mol. The van der Waals surface area contributed by atoms with Crippen LogP contribution in [-0.2, 0) is 14.3 Å². The summed E-state index contributed by atoms with van der Waals surface area (Å²) >= 11 is 0. The number of hydrogen-bond donors (Lipinski definition) is 2. The topological polar surface area (TPSA) is 67.4 Å². The van der Waals surface area contributed by atoms with Gasteiger partial charge < -0.3 is 10.1 Å². The van der Waals surface area contributed by atoms with Gasteiger partial charge in [0.05, 0.1) is 7.11 Å². The molecule has 5 nitrogen and oxygen atoms in total. The van der Waals surface area contributed by atoms with E-state index >= 15 is 0 Å². The molecular weight excluding hydrogens is 220 g/mol. The van der Waals surface area contributed by atoms with E-state index < -0.39 is 17.4 Å². The molecule has 0 saturated heterocycles. The highest BCUT2D eigenvalue weighted by atomic mass is 16.5. The van der Waals surface area contributed by atoms with E-state index in [1.807, 2.05) is 6.07 Å². The Hall–Kier alpha value is -1.88. The summed E-state index contributed by atoms with van der Waals surface area (Å²) in [6, 6.07) is 8.92. The van der Waals surface area contributed by atoms with E-state index in [0.717, 1.165) is 0 Å². The second kappa shape index (κ2) is 5.45. The second-order valence-electron chi connectivity index (χ2n) is 3.69. The summed E-state index contributed by atoms with van der Waals surface area (Å²) < 4.78 is 4.60. The third-order valence-corrected chi connectivity index (χ3v) is 2.58. The van der Waals surface area contributed by atoms with Crippen LogP contribution in [0.1, 0.15) is 6.92 Å². The largest absolute Gasteiger partial charge is 0.467 e. The van der Waals surface area contributed by atoms with Gasteiger partial charge >= 0.3 is 5.97 Å². The van der Waals surface area contributed by atoms with Crippen molar-refractivity contribution in [3.05, 3.63) is 30.3 Å². The summed E-state index contributed by atoms with van der Waals surface area (Å²) in [5.41, 5.74) is -0.771. The van der Waals surface area contributed by atoms with Gasteiger partial charge in [0.25, 0.3) is 5.91 Å². The number of carbonyl (C=O) groups is 2. The molecule has 92 valence electrons. The highest BCUT2D eigenvalue weighted by Crippen LogP contribution is 2.12. The lowest BCUT2D eigenvalue weighted by Gasteiger charge is -2.24. The zero-order chi connectivity index (χ0) is 12.9. The normalized spacial score (nSPS) is 13.6. The molecule has 0 fully saturated rings. The summed E-state index contributed by atoms with van der Waals surface area (Å²) in [6.45, 7) is 1.47. The van der Waals surface area contributed by atoms with Crippen LogP contribution >= 0.6 is 0 Å². The minimum Gasteiger partial charge on any atom is -0.467 e. The smallest absolute Gasteiger partial charge is 0.335 e. The third kappa shape index (κ3) is 2.82. The molecule has 0 spiro atoms. The molecule has 17 heavy (non-hydrogen) atoms. The van der Waals surface area contributed by atoms with Crippen molar-refractivity contribution in [2.45, 2.75) is 12.5 Å². The molecule has 0 aliphatic heterocycles. The van der Waals surface area contributed by atoms with Crippen molar-refractivity contribution >= 4 is 17.6 Å². The maximum absolute atomic E-state index is 12.0. The molecule has 1 amide bonds. The predicted molar refractivity (Wildman–Crippen MR) is 64.6 cm³/mol. The number of methoxy groups -OCH3 is 1. The molecule has 0 aromatic heterocycles. The van der Waals surface area contributed by atoms with Crippen molar-refractivity contribution in [1.29, 1.82) is 0 Å². The fourth-order valence-electron chi connectivity index (χ4n) is 1.29.